The summed E-state index contributed by atoms with van der Waals surface area (Å²) in [7, 11) is 0. The predicted octanol–water partition coefficient (Wildman–Crippen LogP) is 2.26. The van der Waals surface area contributed by atoms with E-state index in [0.29, 0.717) is 11.1 Å². The molecule has 23 heavy (non-hydrogen) atoms. The van der Waals surface area contributed by atoms with Crippen LogP contribution in [0.4, 0.5) is 4.39 Å². The molecular weight excluding hydrogens is 289 g/mol. The van der Waals surface area contributed by atoms with Crippen molar-refractivity contribution in [3.05, 3.63) is 64.5 Å². The van der Waals surface area contributed by atoms with Crippen molar-refractivity contribution in [2.24, 2.45) is 0 Å². The Morgan fingerprint density at radius 2 is 1.91 bits per heavy atom. The molecule has 0 radical (unpaired) electrons. The number of hydrogen-bond acceptors (Lipinski definition) is 2. The van der Waals surface area contributed by atoms with Crippen LogP contribution >= 0.6 is 0 Å². The molecule has 4 rings (SSSR count). The van der Waals surface area contributed by atoms with Gasteiger partial charge in [-0.15, -0.1) is 0 Å². The number of aryl methyl sites for hydroxylation is 1. The van der Waals surface area contributed by atoms with Gasteiger partial charge >= 0.3 is 0 Å². The summed E-state index contributed by atoms with van der Waals surface area (Å²) in [5, 5.41) is 5.87. The number of fused-ring (bicyclic) bond motifs is 2. The predicted molar refractivity (Wildman–Crippen MR) is 90.6 cm³/mol. The summed E-state index contributed by atoms with van der Waals surface area (Å²) in [4.78, 5) is 4.43. The smallest absolute Gasteiger partial charge is 0.128 e. The van der Waals surface area contributed by atoms with Crippen LogP contribution in [0.1, 0.15) is 19.4 Å². The Morgan fingerprint density at radius 1 is 1.13 bits per heavy atom. The maximum Gasteiger partial charge on any atom is 0.128 e. The molecule has 0 saturated heterocycles. The summed E-state index contributed by atoms with van der Waals surface area (Å²) in [5.74, 6) is 0.750. The van der Waals surface area contributed by atoms with Gasteiger partial charge in [-0.05, 0) is 38.1 Å². The second kappa shape index (κ2) is 4.69. The van der Waals surface area contributed by atoms with Crippen molar-refractivity contribution in [1.82, 2.24) is 14.9 Å². The zero-order valence-corrected chi connectivity index (χ0v) is 13.4. The lowest BCUT2D eigenvalue weighted by atomic mass is 9.99. The van der Waals surface area contributed by atoms with Gasteiger partial charge in [-0.3, -0.25) is 4.57 Å². The minimum Gasteiger partial charge on any atom is -0.362 e. The lowest BCUT2D eigenvalue weighted by Crippen LogP contribution is -2.49. The Hall–Kier alpha value is -2.62. The maximum atomic E-state index is 13.8. The average Bonchev–Trinajstić information content (AvgIpc) is 2.94. The van der Waals surface area contributed by atoms with Gasteiger partial charge in [-0.2, -0.15) is 0 Å². The molecule has 3 nitrogen and oxygen atoms in total. The van der Waals surface area contributed by atoms with Crippen LogP contribution in [0.3, 0.4) is 0 Å². The van der Waals surface area contributed by atoms with Crippen LogP contribution in [-0.2, 0) is 0 Å². The highest BCUT2D eigenvalue weighted by atomic mass is 19.1. The molecule has 4 heteroatoms. The molecule has 0 bridgehead atoms. The van der Waals surface area contributed by atoms with Crippen LogP contribution in [-0.4, -0.2) is 15.1 Å². The summed E-state index contributed by atoms with van der Waals surface area (Å²) >= 11 is 0. The fourth-order valence-corrected chi connectivity index (χ4v) is 3.20. The molecule has 1 N–H and O–H groups in total. The molecule has 0 unspecified atom stereocenters. The fraction of sp³-hybridized carbons (Fsp3) is 0.211. The Bertz CT molecular complexity index is 1040. The van der Waals surface area contributed by atoms with E-state index in [9.17, 15) is 4.39 Å². The third-order valence-electron chi connectivity index (χ3n) is 4.32. The van der Waals surface area contributed by atoms with E-state index in [1.807, 2.05) is 16.7 Å². The van der Waals surface area contributed by atoms with E-state index in [2.05, 4.69) is 42.4 Å². The number of imidazole rings is 1. The van der Waals surface area contributed by atoms with Gasteiger partial charge in [0.2, 0.25) is 0 Å². The molecule has 0 fully saturated rings. The SMILES string of the molecule is Cc1c(F)ccc2c1ncn2C1=c2ccccc2=CC(C)(C)N1. The molecule has 1 aliphatic heterocycles. The monoisotopic (exact) mass is 307 g/mol. The highest BCUT2D eigenvalue weighted by Crippen LogP contribution is 2.22. The Morgan fingerprint density at radius 3 is 2.74 bits per heavy atom. The quantitative estimate of drug-likeness (QED) is 0.747. The largest absolute Gasteiger partial charge is 0.362 e. The second-order valence-electron chi connectivity index (χ2n) is 6.58. The van der Waals surface area contributed by atoms with E-state index in [1.165, 1.54) is 11.3 Å². The van der Waals surface area contributed by atoms with Gasteiger partial charge in [0.15, 0.2) is 0 Å². The molecule has 116 valence electrons. The minimum absolute atomic E-state index is 0.171. The van der Waals surface area contributed by atoms with Crippen LogP contribution < -0.4 is 15.8 Å². The zero-order valence-electron chi connectivity index (χ0n) is 13.4. The molecule has 2 heterocycles. The normalized spacial score (nSPS) is 15.9. The second-order valence-corrected chi connectivity index (χ2v) is 6.58. The number of halogens is 1. The topological polar surface area (TPSA) is 29.9 Å². The molecule has 0 saturated carbocycles. The summed E-state index contributed by atoms with van der Waals surface area (Å²) < 4.78 is 15.8. The van der Waals surface area contributed by atoms with E-state index < -0.39 is 0 Å². The van der Waals surface area contributed by atoms with Crippen molar-refractivity contribution in [2.45, 2.75) is 26.3 Å². The summed E-state index contributed by atoms with van der Waals surface area (Å²) in [6.45, 7) is 6.03. The molecule has 0 aliphatic carbocycles. The lowest BCUT2D eigenvalue weighted by Gasteiger charge is -2.29. The Balaban J connectivity index is 2.09. The van der Waals surface area contributed by atoms with E-state index in [1.54, 1.807) is 19.3 Å². The van der Waals surface area contributed by atoms with E-state index in [0.717, 1.165) is 16.6 Å². The lowest BCUT2D eigenvalue weighted by molar-refractivity contribution is 0.573. The van der Waals surface area contributed by atoms with Gasteiger partial charge in [0.05, 0.1) is 16.6 Å². The van der Waals surface area contributed by atoms with Crippen molar-refractivity contribution in [3.8, 4) is 0 Å². The van der Waals surface area contributed by atoms with Crippen LogP contribution in [0.25, 0.3) is 22.9 Å². The molecule has 1 aliphatic rings. The van der Waals surface area contributed by atoms with E-state index in [4.69, 9.17) is 0 Å². The summed E-state index contributed by atoms with van der Waals surface area (Å²) in [5.41, 5.74) is 2.01. The fourth-order valence-electron chi connectivity index (χ4n) is 3.20. The molecule has 3 aromatic rings. The van der Waals surface area contributed by atoms with Gasteiger partial charge in [0.25, 0.3) is 0 Å². The van der Waals surface area contributed by atoms with Gasteiger partial charge in [-0.25, -0.2) is 9.37 Å². The zero-order chi connectivity index (χ0) is 16.2. The third kappa shape index (κ3) is 2.13. The van der Waals surface area contributed by atoms with Crippen molar-refractivity contribution >= 4 is 22.9 Å². The highest BCUT2D eigenvalue weighted by Gasteiger charge is 2.22. The molecular formula is C19H18FN3. The van der Waals surface area contributed by atoms with Gasteiger partial charge in [-0.1, -0.05) is 30.3 Å². The van der Waals surface area contributed by atoms with Gasteiger partial charge in [0.1, 0.15) is 18.0 Å². The number of nitrogens with one attached hydrogen (secondary N) is 1. The van der Waals surface area contributed by atoms with Crippen molar-refractivity contribution in [2.75, 3.05) is 0 Å². The third-order valence-corrected chi connectivity index (χ3v) is 4.32. The molecule has 2 aromatic carbocycles. The summed E-state index contributed by atoms with van der Waals surface area (Å²) in [6.07, 6.45) is 3.98. The van der Waals surface area contributed by atoms with Crippen LogP contribution in [0.2, 0.25) is 0 Å². The standard InChI is InChI=1S/C19H18FN3/c1-12-15(20)8-9-16-17(12)21-11-23(16)18-14-7-5-4-6-13(14)10-19(2,3)22-18/h4-11,22H,1-3H3. The number of aromatic nitrogens is 2. The van der Waals surface area contributed by atoms with Crippen molar-refractivity contribution in [3.63, 3.8) is 0 Å². The Labute approximate surface area is 133 Å². The number of benzene rings is 2. The average molecular weight is 307 g/mol. The van der Waals surface area contributed by atoms with E-state index >= 15 is 0 Å². The minimum atomic E-state index is -0.224. The maximum absolute atomic E-state index is 13.8. The molecule has 1 aromatic heterocycles. The first-order chi connectivity index (χ1) is 11.0. The van der Waals surface area contributed by atoms with Crippen LogP contribution in [0.5, 0.6) is 0 Å². The van der Waals surface area contributed by atoms with Crippen LogP contribution in [0, 0.1) is 12.7 Å². The number of rotatable bonds is 1. The molecule has 0 amide bonds. The Kier molecular flexibility index (Phi) is 2.85. The first-order valence-corrected chi connectivity index (χ1v) is 7.69. The summed E-state index contributed by atoms with van der Waals surface area (Å²) in [6, 6.07) is 11.6. The molecule has 0 spiro atoms. The van der Waals surface area contributed by atoms with Gasteiger partial charge in [0, 0.05) is 10.8 Å². The van der Waals surface area contributed by atoms with Crippen molar-refractivity contribution < 1.29 is 4.39 Å². The number of nitrogens with zero attached hydrogens (tertiary/aromatic N) is 2. The first-order valence-electron chi connectivity index (χ1n) is 7.69. The molecule has 0 atom stereocenters. The highest BCUT2D eigenvalue weighted by molar-refractivity contribution is 5.82. The van der Waals surface area contributed by atoms with Crippen LogP contribution in [0.15, 0.2) is 42.7 Å². The van der Waals surface area contributed by atoms with Gasteiger partial charge < -0.3 is 5.32 Å². The number of hydrogen-bond donors (Lipinski definition) is 1. The first kappa shape index (κ1) is 14.0. The van der Waals surface area contributed by atoms with Crippen molar-refractivity contribution in [1.29, 1.82) is 0 Å². The van der Waals surface area contributed by atoms with E-state index in [-0.39, 0.29) is 11.4 Å².